The Balaban J connectivity index is 1.52. The number of hydrogen-bond acceptors (Lipinski definition) is 6. The van der Waals surface area contributed by atoms with E-state index in [0.717, 1.165) is 33.6 Å². The Bertz CT molecular complexity index is 1490. The van der Waals surface area contributed by atoms with Crippen molar-refractivity contribution in [1.82, 2.24) is 19.7 Å². The Morgan fingerprint density at radius 3 is 2.39 bits per heavy atom. The molecule has 2 aromatic heterocycles. The standard InChI is InChI=1S/C27H30ClN5O2S/c1-18-14-29-26(31-23-9-7-20(8-10-23)22-15-30-33(5)16-22)32-25(18)13-19-6-11-24(28)21(12-19)17-36(34,35)27(2,3)4/h6-12,14-16H,13,17H2,1-5H3,(H,29,31,32). The number of anilines is 2. The average Bonchev–Trinajstić information content (AvgIpc) is 3.24. The molecule has 0 saturated heterocycles. The van der Waals surface area contributed by atoms with Crippen LogP contribution in [0.25, 0.3) is 11.1 Å². The van der Waals surface area contributed by atoms with E-state index in [0.29, 0.717) is 23.0 Å². The highest BCUT2D eigenvalue weighted by Gasteiger charge is 2.29. The summed E-state index contributed by atoms with van der Waals surface area (Å²) in [5, 5.41) is 7.93. The molecule has 0 unspecified atom stereocenters. The topological polar surface area (TPSA) is 89.8 Å². The molecule has 0 bridgehead atoms. The van der Waals surface area contributed by atoms with E-state index in [1.54, 1.807) is 37.7 Å². The Morgan fingerprint density at radius 2 is 1.75 bits per heavy atom. The summed E-state index contributed by atoms with van der Waals surface area (Å²) in [5.74, 6) is 0.391. The first kappa shape index (κ1) is 25.9. The molecule has 36 heavy (non-hydrogen) atoms. The normalized spacial score (nSPS) is 12.1. The number of rotatable bonds is 7. The lowest BCUT2D eigenvalue weighted by Crippen LogP contribution is -2.29. The van der Waals surface area contributed by atoms with Gasteiger partial charge in [0.2, 0.25) is 5.95 Å². The number of aromatic nitrogens is 4. The van der Waals surface area contributed by atoms with Crippen LogP contribution in [0, 0.1) is 6.92 Å². The van der Waals surface area contributed by atoms with E-state index in [1.807, 2.05) is 62.8 Å². The van der Waals surface area contributed by atoms with Crippen molar-refractivity contribution in [2.45, 2.75) is 44.6 Å². The number of nitrogens with zero attached hydrogens (tertiary/aromatic N) is 4. The summed E-state index contributed by atoms with van der Waals surface area (Å²) >= 11 is 6.35. The molecule has 0 fully saturated rings. The summed E-state index contributed by atoms with van der Waals surface area (Å²) in [4.78, 5) is 9.16. The molecule has 4 aromatic rings. The molecule has 1 N–H and O–H groups in total. The summed E-state index contributed by atoms with van der Waals surface area (Å²) in [6, 6.07) is 13.5. The lowest BCUT2D eigenvalue weighted by Gasteiger charge is -2.20. The largest absolute Gasteiger partial charge is 0.324 e. The first-order valence-electron chi connectivity index (χ1n) is 11.6. The Labute approximate surface area is 217 Å². The molecule has 0 aliphatic heterocycles. The highest BCUT2D eigenvalue weighted by atomic mass is 35.5. The van der Waals surface area contributed by atoms with E-state index in [4.69, 9.17) is 16.6 Å². The molecular weight excluding hydrogens is 494 g/mol. The van der Waals surface area contributed by atoms with Crippen molar-refractivity contribution in [2.75, 3.05) is 5.32 Å². The van der Waals surface area contributed by atoms with Crippen molar-refractivity contribution in [1.29, 1.82) is 0 Å². The minimum Gasteiger partial charge on any atom is -0.324 e. The van der Waals surface area contributed by atoms with Crippen LogP contribution in [0.3, 0.4) is 0 Å². The minimum atomic E-state index is -3.36. The molecule has 0 saturated carbocycles. The van der Waals surface area contributed by atoms with Gasteiger partial charge in [-0.25, -0.2) is 18.4 Å². The van der Waals surface area contributed by atoms with Crippen LogP contribution in [-0.2, 0) is 29.1 Å². The van der Waals surface area contributed by atoms with Gasteiger partial charge in [0, 0.05) is 42.1 Å². The molecule has 7 nitrogen and oxygen atoms in total. The number of hydrogen-bond donors (Lipinski definition) is 1. The predicted octanol–water partition coefficient (Wildman–Crippen LogP) is 5.89. The lowest BCUT2D eigenvalue weighted by atomic mass is 10.0. The predicted molar refractivity (Wildman–Crippen MR) is 145 cm³/mol. The van der Waals surface area contributed by atoms with Crippen LogP contribution >= 0.6 is 11.6 Å². The van der Waals surface area contributed by atoms with Crippen molar-refractivity contribution in [2.24, 2.45) is 7.05 Å². The summed E-state index contributed by atoms with van der Waals surface area (Å²) in [6.45, 7) is 7.06. The average molecular weight is 524 g/mol. The molecule has 9 heteroatoms. The number of nitrogens with one attached hydrogen (secondary N) is 1. The van der Waals surface area contributed by atoms with Gasteiger partial charge in [0.1, 0.15) is 0 Å². The Morgan fingerprint density at radius 1 is 1.03 bits per heavy atom. The van der Waals surface area contributed by atoms with E-state index < -0.39 is 14.6 Å². The second kappa shape index (κ2) is 10.0. The zero-order valence-corrected chi connectivity index (χ0v) is 22.7. The first-order valence-corrected chi connectivity index (χ1v) is 13.6. The molecule has 2 heterocycles. The van der Waals surface area contributed by atoms with E-state index in [1.165, 1.54) is 0 Å². The fraction of sp³-hybridized carbons (Fsp3) is 0.296. The maximum absolute atomic E-state index is 12.7. The van der Waals surface area contributed by atoms with Gasteiger partial charge in [0.15, 0.2) is 9.84 Å². The van der Waals surface area contributed by atoms with Crippen molar-refractivity contribution in [3.8, 4) is 11.1 Å². The fourth-order valence-corrected chi connectivity index (χ4v) is 4.97. The Kier molecular flexibility index (Phi) is 7.20. The second-order valence-electron chi connectivity index (χ2n) is 9.90. The molecule has 0 aliphatic carbocycles. The molecule has 0 spiro atoms. The smallest absolute Gasteiger partial charge is 0.227 e. The third kappa shape index (κ3) is 5.94. The summed E-state index contributed by atoms with van der Waals surface area (Å²) in [7, 11) is -1.46. The second-order valence-corrected chi connectivity index (χ2v) is 13.1. The van der Waals surface area contributed by atoms with E-state index in [9.17, 15) is 8.42 Å². The molecule has 188 valence electrons. The van der Waals surface area contributed by atoms with Crippen LogP contribution in [0.5, 0.6) is 0 Å². The summed E-state index contributed by atoms with van der Waals surface area (Å²) in [6.07, 6.45) is 6.12. The quantitative estimate of drug-likeness (QED) is 0.325. The lowest BCUT2D eigenvalue weighted by molar-refractivity contribution is 0.559. The molecule has 0 aliphatic rings. The van der Waals surface area contributed by atoms with Crippen LogP contribution in [0.15, 0.2) is 61.1 Å². The van der Waals surface area contributed by atoms with Crippen LogP contribution in [-0.4, -0.2) is 32.9 Å². The third-order valence-electron chi connectivity index (χ3n) is 6.02. The number of benzene rings is 2. The van der Waals surface area contributed by atoms with Gasteiger partial charge in [-0.3, -0.25) is 4.68 Å². The van der Waals surface area contributed by atoms with Crippen molar-refractivity contribution >= 4 is 33.1 Å². The highest BCUT2D eigenvalue weighted by Crippen LogP contribution is 2.27. The van der Waals surface area contributed by atoms with Gasteiger partial charge >= 0.3 is 0 Å². The van der Waals surface area contributed by atoms with Gasteiger partial charge in [-0.05, 0) is 68.1 Å². The van der Waals surface area contributed by atoms with Gasteiger partial charge in [0.25, 0.3) is 0 Å². The number of sulfone groups is 1. The van der Waals surface area contributed by atoms with Gasteiger partial charge in [0.05, 0.1) is 22.4 Å². The minimum absolute atomic E-state index is 0.103. The van der Waals surface area contributed by atoms with E-state index in [2.05, 4.69) is 15.4 Å². The van der Waals surface area contributed by atoms with Crippen molar-refractivity contribution in [3.63, 3.8) is 0 Å². The van der Waals surface area contributed by atoms with Gasteiger partial charge in [-0.2, -0.15) is 5.10 Å². The van der Waals surface area contributed by atoms with Crippen molar-refractivity contribution < 1.29 is 8.42 Å². The SMILES string of the molecule is Cc1cnc(Nc2ccc(-c3cnn(C)c3)cc2)nc1Cc1ccc(Cl)c(CS(=O)(=O)C(C)(C)C)c1. The fourth-order valence-electron chi connectivity index (χ4n) is 3.63. The van der Waals surface area contributed by atoms with Crippen LogP contribution < -0.4 is 5.32 Å². The molecule has 0 radical (unpaired) electrons. The zero-order chi connectivity index (χ0) is 26.1. The highest BCUT2D eigenvalue weighted by molar-refractivity contribution is 7.91. The maximum Gasteiger partial charge on any atom is 0.227 e. The van der Waals surface area contributed by atoms with Gasteiger partial charge in [-0.15, -0.1) is 0 Å². The maximum atomic E-state index is 12.7. The molecule has 4 rings (SSSR count). The van der Waals surface area contributed by atoms with Crippen LogP contribution in [0.2, 0.25) is 5.02 Å². The third-order valence-corrected chi connectivity index (χ3v) is 8.94. The van der Waals surface area contributed by atoms with Crippen LogP contribution in [0.1, 0.15) is 43.2 Å². The summed E-state index contributed by atoms with van der Waals surface area (Å²) in [5.41, 5.74) is 6.34. The van der Waals surface area contributed by atoms with Gasteiger partial charge in [-0.1, -0.05) is 35.9 Å². The monoisotopic (exact) mass is 523 g/mol. The van der Waals surface area contributed by atoms with Crippen LogP contribution in [0.4, 0.5) is 11.6 Å². The summed E-state index contributed by atoms with van der Waals surface area (Å²) < 4.78 is 26.4. The number of halogens is 1. The van der Waals surface area contributed by atoms with E-state index >= 15 is 0 Å². The molecule has 0 atom stereocenters. The first-order chi connectivity index (χ1) is 16.9. The zero-order valence-electron chi connectivity index (χ0n) is 21.1. The van der Waals surface area contributed by atoms with Gasteiger partial charge < -0.3 is 5.32 Å². The number of aryl methyl sites for hydroxylation is 2. The van der Waals surface area contributed by atoms with Crippen molar-refractivity contribution in [3.05, 3.63) is 88.5 Å². The molecule has 2 aromatic carbocycles. The Hall–Kier alpha value is -3.23. The molecular formula is C27H30ClN5O2S. The van der Waals surface area contributed by atoms with E-state index in [-0.39, 0.29) is 5.75 Å². The molecule has 0 amide bonds.